The number of rotatable bonds is 4. The third-order valence-electron chi connectivity index (χ3n) is 6.02. The smallest absolute Gasteiger partial charge is 0.399 e. The molecule has 0 spiro atoms. The van der Waals surface area contributed by atoms with E-state index in [4.69, 9.17) is 5.73 Å². The highest BCUT2D eigenvalue weighted by Crippen LogP contribution is 2.39. The van der Waals surface area contributed by atoms with E-state index in [0.29, 0.717) is 17.2 Å². The molecule has 1 atom stereocenters. The maximum absolute atomic E-state index is 13.3. The molecule has 5 rings (SSSR count). The van der Waals surface area contributed by atoms with Crippen LogP contribution in [0.5, 0.6) is 0 Å². The molecule has 2 aromatic heterocycles. The molecule has 2 aromatic carbocycles. The van der Waals surface area contributed by atoms with Crippen LogP contribution in [0.25, 0.3) is 10.9 Å². The van der Waals surface area contributed by atoms with E-state index in [9.17, 15) is 13.2 Å². The van der Waals surface area contributed by atoms with Gasteiger partial charge >= 0.3 is 6.18 Å². The van der Waals surface area contributed by atoms with Crippen molar-refractivity contribution >= 4 is 33.8 Å². The Balaban J connectivity index is 1.55. The highest BCUT2D eigenvalue weighted by atomic mass is 19.4. The van der Waals surface area contributed by atoms with E-state index in [1.165, 1.54) is 5.56 Å². The number of alkyl halides is 3. The standard InChI is InChI=1S/C25H23F3N6/c1-14(17-8-18(25(26,27)28)11-19(29)9-17)31-24-21-12-23-16(10-22(21)32-15(2)33-24)5-7-34(23)20-4-3-6-30-13-20/h3-4,6,8-14H,5,7,29H2,1-2H3,(H,31,32,33)/t14-/m1/s1. The molecule has 34 heavy (non-hydrogen) atoms. The molecule has 0 aliphatic carbocycles. The van der Waals surface area contributed by atoms with Gasteiger partial charge in [-0.05, 0) is 73.9 Å². The number of nitrogens with zero attached hydrogens (tertiary/aromatic N) is 4. The highest BCUT2D eigenvalue weighted by Gasteiger charge is 2.31. The molecule has 0 saturated heterocycles. The van der Waals surface area contributed by atoms with Crippen molar-refractivity contribution in [2.45, 2.75) is 32.5 Å². The zero-order chi connectivity index (χ0) is 24.0. The first-order valence-corrected chi connectivity index (χ1v) is 10.9. The molecule has 1 aliphatic rings. The second-order valence-corrected chi connectivity index (χ2v) is 8.48. The molecule has 1 aliphatic heterocycles. The van der Waals surface area contributed by atoms with E-state index >= 15 is 0 Å². The van der Waals surface area contributed by atoms with Crippen LogP contribution in [-0.4, -0.2) is 21.5 Å². The number of benzene rings is 2. The molecule has 9 heteroatoms. The minimum Gasteiger partial charge on any atom is -0.399 e. The fourth-order valence-electron chi connectivity index (χ4n) is 4.40. The van der Waals surface area contributed by atoms with Crippen LogP contribution >= 0.6 is 0 Å². The number of hydrogen-bond donors (Lipinski definition) is 2. The SMILES string of the molecule is Cc1nc(N[C@H](C)c2cc(N)cc(C(F)(F)F)c2)c2cc3c(cc2n1)CCN3c1cccnc1. The Kier molecular flexibility index (Phi) is 5.27. The minimum atomic E-state index is -4.47. The maximum Gasteiger partial charge on any atom is 0.416 e. The summed E-state index contributed by atoms with van der Waals surface area (Å²) in [5.74, 6) is 1.14. The van der Waals surface area contributed by atoms with Crippen LogP contribution in [0.15, 0.2) is 54.9 Å². The topological polar surface area (TPSA) is 80.0 Å². The van der Waals surface area contributed by atoms with Crippen LogP contribution in [0.1, 0.15) is 35.5 Å². The van der Waals surface area contributed by atoms with Crippen molar-refractivity contribution in [3.05, 3.63) is 77.4 Å². The third kappa shape index (κ3) is 4.09. The van der Waals surface area contributed by atoms with E-state index in [2.05, 4.69) is 31.2 Å². The molecular weight excluding hydrogens is 441 g/mol. The number of nitrogens with one attached hydrogen (secondary N) is 1. The van der Waals surface area contributed by atoms with E-state index in [1.807, 2.05) is 24.4 Å². The van der Waals surface area contributed by atoms with E-state index in [0.717, 1.165) is 47.4 Å². The summed E-state index contributed by atoms with van der Waals surface area (Å²) in [7, 11) is 0. The molecule has 4 aromatic rings. The molecule has 0 amide bonds. The van der Waals surface area contributed by atoms with Crippen molar-refractivity contribution < 1.29 is 13.2 Å². The lowest BCUT2D eigenvalue weighted by Gasteiger charge is -2.21. The average Bonchev–Trinajstić information content (AvgIpc) is 3.20. The van der Waals surface area contributed by atoms with Gasteiger partial charge in [0.2, 0.25) is 0 Å². The number of aromatic nitrogens is 3. The van der Waals surface area contributed by atoms with Crippen LogP contribution in [-0.2, 0) is 12.6 Å². The predicted octanol–water partition coefficient (Wildman–Crippen LogP) is 5.80. The Bertz CT molecular complexity index is 1370. The molecular formula is C25H23F3N6. The van der Waals surface area contributed by atoms with E-state index in [-0.39, 0.29) is 5.69 Å². The molecule has 0 radical (unpaired) electrons. The summed E-state index contributed by atoms with van der Waals surface area (Å²) in [6.07, 6.45) is -0.0318. The number of fused-ring (bicyclic) bond motifs is 2. The lowest BCUT2D eigenvalue weighted by Crippen LogP contribution is -2.14. The normalized spacial score (nSPS) is 14.3. The first-order valence-electron chi connectivity index (χ1n) is 10.9. The molecule has 3 heterocycles. The average molecular weight is 464 g/mol. The first-order chi connectivity index (χ1) is 16.2. The summed E-state index contributed by atoms with van der Waals surface area (Å²) in [6.45, 7) is 4.41. The van der Waals surface area contributed by atoms with Gasteiger partial charge in [0.25, 0.3) is 0 Å². The van der Waals surface area contributed by atoms with E-state index < -0.39 is 17.8 Å². The first kappa shape index (κ1) is 21.9. The van der Waals surface area contributed by atoms with Crippen LogP contribution in [0.2, 0.25) is 0 Å². The number of pyridine rings is 1. The largest absolute Gasteiger partial charge is 0.416 e. The summed E-state index contributed by atoms with van der Waals surface area (Å²) in [5.41, 5.74) is 9.50. The molecule has 0 bridgehead atoms. The maximum atomic E-state index is 13.3. The van der Waals surface area contributed by atoms with Crippen molar-refractivity contribution in [2.24, 2.45) is 0 Å². The van der Waals surface area contributed by atoms with Crippen molar-refractivity contribution in [3.8, 4) is 0 Å². The third-order valence-corrected chi connectivity index (χ3v) is 6.02. The summed E-state index contributed by atoms with van der Waals surface area (Å²) in [4.78, 5) is 15.6. The van der Waals surface area contributed by atoms with Gasteiger partial charge in [0.15, 0.2) is 0 Å². The van der Waals surface area contributed by atoms with Crippen LogP contribution < -0.4 is 16.0 Å². The summed E-state index contributed by atoms with van der Waals surface area (Å²) < 4.78 is 39.9. The predicted molar refractivity (Wildman–Crippen MR) is 127 cm³/mol. The van der Waals surface area contributed by atoms with Gasteiger partial charge in [-0.15, -0.1) is 0 Å². The fourth-order valence-corrected chi connectivity index (χ4v) is 4.40. The van der Waals surface area contributed by atoms with Crippen LogP contribution in [0, 0.1) is 6.92 Å². The Morgan fingerprint density at radius 1 is 1.12 bits per heavy atom. The summed E-state index contributed by atoms with van der Waals surface area (Å²) in [5, 5.41) is 4.09. The molecule has 0 unspecified atom stereocenters. The minimum absolute atomic E-state index is 0.0622. The molecule has 0 fully saturated rings. The second kappa shape index (κ2) is 8.16. The Labute approximate surface area is 194 Å². The van der Waals surface area contributed by atoms with Gasteiger partial charge in [0.05, 0.1) is 29.0 Å². The molecule has 3 N–H and O–H groups in total. The van der Waals surface area contributed by atoms with Gasteiger partial charge in [0.1, 0.15) is 11.6 Å². The summed E-state index contributed by atoms with van der Waals surface area (Å²) >= 11 is 0. The summed E-state index contributed by atoms with van der Waals surface area (Å²) in [6, 6.07) is 11.2. The van der Waals surface area contributed by atoms with Gasteiger partial charge in [0, 0.05) is 29.5 Å². The van der Waals surface area contributed by atoms with Gasteiger partial charge in [-0.3, -0.25) is 4.98 Å². The second-order valence-electron chi connectivity index (χ2n) is 8.48. The fraction of sp³-hybridized carbons (Fsp3) is 0.240. The number of nitrogen functional groups attached to an aromatic ring is 1. The molecule has 174 valence electrons. The Hall–Kier alpha value is -3.88. The zero-order valence-corrected chi connectivity index (χ0v) is 18.7. The van der Waals surface area contributed by atoms with Gasteiger partial charge in [-0.25, -0.2) is 9.97 Å². The van der Waals surface area contributed by atoms with Gasteiger partial charge in [-0.1, -0.05) is 0 Å². The quantitative estimate of drug-likeness (QED) is 0.372. The zero-order valence-electron chi connectivity index (χ0n) is 18.7. The molecule has 6 nitrogen and oxygen atoms in total. The highest BCUT2D eigenvalue weighted by molar-refractivity contribution is 5.94. The number of nitrogens with two attached hydrogens (primary N) is 1. The van der Waals surface area contributed by atoms with Crippen LogP contribution in [0.3, 0.4) is 0 Å². The number of anilines is 4. The van der Waals surface area contributed by atoms with Crippen molar-refractivity contribution in [1.82, 2.24) is 15.0 Å². The monoisotopic (exact) mass is 464 g/mol. The van der Waals surface area contributed by atoms with E-state index in [1.54, 1.807) is 26.1 Å². The van der Waals surface area contributed by atoms with Crippen molar-refractivity contribution in [3.63, 3.8) is 0 Å². The number of hydrogen-bond acceptors (Lipinski definition) is 6. The number of aryl methyl sites for hydroxylation is 1. The van der Waals surface area contributed by atoms with Crippen LogP contribution in [0.4, 0.5) is 36.1 Å². The van der Waals surface area contributed by atoms with Gasteiger partial charge < -0.3 is 16.0 Å². The lowest BCUT2D eigenvalue weighted by atomic mass is 10.0. The van der Waals surface area contributed by atoms with Gasteiger partial charge in [-0.2, -0.15) is 13.2 Å². The number of halogens is 3. The Morgan fingerprint density at radius 3 is 2.68 bits per heavy atom. The van der Waals surface area contributed by atoms with Crippen molar-refractivity contribution in [2.75, 3.05) is 22.5 Å². The Morgan fingerprint density at radius 2 is 1.94 bits per heavy atom. The van der Waals surface area contributed by atoms with Crippen molar-refractivity contribution in [1.29, 1.82) is 0 Å². The molecule has 0 saturated carbocycles. The lowest BCUT2D eigenvalue weighted by molar-refractivity contribution is -0.137.